The van der Waals surface area contributed by atoms with Gasteiger partial charge in [-0.05, 0) is 36.8 Å². The first-order chi connectivity index (χ1) is 13.1. The molecule has 1 N–H and O–H groups in total. The smallest absolute Gasteiger partial charge is 0.261 e. The highest BCUT2D eigenvalue weighted by atomic mass is 16.2. The molecule has 6 nitrogen and oxygen atoms in total. The van der Waals surface area contributed by atoms with Crippen LogP contribution in [0.1, 0.15) is 12.0 Å². The van der Waals surface area contributed by atoms with Gasteiger partial charge in [0.2, 0.25) is 5.91 Å². The van der Waals surface area contributed by atoms with E-state index in [2.05, 4.69) is 15.3 Å². The van der Waals surface area contributed by atoms with Gasteiger partial charge in [-0.3, -0.25) is 14.2 Å². The lowest BCUT2D eigenvalue weighted by Gasteiger charge is -2.08. The maximum atomic E-state index is 12.6. The van der Waals surface area contributed by atoms with Crippen LogP contribution in [0.2, 0.25) is 0 Å². The molecule has 0 aliphatic heterocycles. The molecule has 0 fully saturated rings. The Kier molecular flexibility index (Phi) is 4.38. The van der Waals surface area contributed by atoms with Crippen LogP contribution in [0, 0.1) is 6.92 Å². The molecular weight excluding hydrogens is 340 g/mol. The van der Waals surface area contributed by atoms with Crippen molar-refractivity contribution in [1.29, 1.82) is 0 Å². The molecule has 6 heteroatoms. The third kappa shape index (κ3) is 3.42. The molecule has 0 saturated heterocycles. The van der Waals surface area contributed by atoms with E-state index in [9.17, 15) is 9.59 Å². The van der Waals surface area contributed by atoms with E-state index in [0.717, 1.165) is 16.5 Å². The van der Waals surface area contributed by atoms with Crippen molar-refractivity contribution in [2.24, 2.45) is 0 Å². The second-order valence-corrected chi connectivity index (χ2v) is 6.40. The van der Waals surface area contributed by atoms with E-state index in [-0.39, 0.29) is 24.4 Å². The van der Waals surface area contributed by atoms with Gasteiger partial charge < -0.3 is 5.32 Å². The van der Waals surface area contributed by atoms with E-state index in [1.807, 2.05) is 49.4 Å². The third-order valence-electron chi connectivity index (χ3n) is 4.50. The van der Waals surface area contributed by atoms with Gasteiger partial charge in [-0.15, -0.1) is 0 Å². The van der Waals surface area contributed by atoms with E-state index in [1.54, 1.807) is 12.1 Å². The molecule has 134 valence electrons. The van der Waals surface area contributed by atoms with Crippen LogP contribution >= 0.6 is 0 Å². The quantitative estimate of drug-likeness (QED) is 0.607. The van der Waals surface area contributed by atoms with Crippen LogP contribution < -0.4 is 10.9 Å². The molecule has 0 unspecified atom stereocenters. The maximum absolute atomic E-state index is 12.6. The summed E-state index contributed by atoms with van der Waals surface area (Å²) in [6, 6.07) is 16.9. The van der Waals surface area contributed by atoms with Crippen LogP contribution in [0.4, 0.5) is 5.82 Å². The van der Waals surface area contributed by atoms with Crippen LogP contribution in [0.3, 0.4) is 0 Å². The van der Waals surface area contributed by atoms with Gasteiger partial charge in [0.25, 0.3) is 5.56 Å². The average Bonchev–Trinajstić information content (AvgIpc) is 2.68. The van der Waals surface area contributed by atoms with Gasteiger partial charge in [0.15, 0.2) is 0 Å². The maximum Gasteiger partial charge on any atom is 0.261 e. The third-order valence-corrected chi connectivity index (χ3v) is 4.50. The van der Waals surface area contributed by atoms with Gasteiger partial charge in [-0.2, -0.15) is 0 Å². The molecule has 0 radical (unpaired) electrons. The number of aromatic nitrogens is 3. The Labute approximate surface area is 155 Å². The first-order valence-corrected chi connectivity index (χ1v) is 8.72. The van der Waals surface area contributed by atoms with Crippen LogP contribution in [0.25, 0.3) is 21.8 Å². The van der Waals surface area contributed by atoms with Crippen LogP contribution in [-0.4, -0.2) is 20.4 Å². The van der Waals surface area contributed by atoms with Gasteiger partial charge in [-0.1, -0.05) is 30.3 Å². The normalized spacial score (nSPS) is 11.0. The molecule has 1 amide bonds. The van der Waals surface area contributed by atoms with Gasteiger partial charge in [0, 0.05) is 18.4 Å². The number of para-hydroxylation sites is 2. The van der Waals surface area contributed by atoms with Crippen molar-refractivity contribution in [2.45, 2.75) is 19.9 Å². The minimum Gasteiger partial charge on any atom is -0.311 e. The van der Waals surface area contributed by atoms with Crippen molar-refractivity contribution < 1.29 is 4.79 Å². The van der Waals surface area contributed by atoms with Crippen molar-refractivity contribution >= 4 is 33.5 Å². The zero-order valence-corrected chi connectivity index (χ0v) is 14.8. The number of hydrogen-bond acceptors (Lipinski definition) is 4. The Hall–Kier alpha value is -3.54. The molecule has 2 heterocycles. The van der Waals surface area contributed by atoms with Gasteiger partial charge in [0.05, 0.1) is 22.7 Å². The summed E-state index contributed by atoms with van der Waals surface area (Å²) in [4.78, 5) is 33.6. The number of aryl methyl sites for hydroxylation is 2. The average molecular weight is 358 g/mol. The van der Waals surface area contributed by atoms with E-state index < -0.39 is 0 Å². The van der Waals surface area contributed by atoms with Gasteiger partial charge >= 0.3 is 0 Å². The van der Waals surface area contributed by atoms with Crippen molar-refractivity contribution in [3.05, 3.63) is 76.8 Å². The van der Waals surface area contributed by atoms with Crippen LogP contribution in [-0.2, 0) is 11.3 Å². The highest BCUT2D eigenvalue weighted by Crippen LogP contribution is 2.15. The number of anilines is 1. The molecule has 0 aliphatic rings. The molecule has 0 aliphatic carbocycles. The summed E-state index contributed by atoms with van der Waals surface area (Å²) in [6.07, 6.45) is 1.66. The number of carbonyl (C=O) groups is 1. The number of fused-ring (bicyclic) bond motifs is 2. The van der Waals surface area contributed by atoms with E-state index in [1.165, 1.54) is 10.9 Å². The summed E-state index contributed by atoms with van der Waals surface area (Å²) in [5.74, 6) is 0.298. The minimum absolute atomic E-state index is 0.139. The first-order valence-electron chi connectivity index (χ1n) is 8.72. The molecule has 4 rings (SSSR count). The number of benzene rings is 2. The van der Waals surface area contributed by atoms with Crippen molar-refractivity contribution in [2.75, 3.05) is 5.32 Å². The van der Waals surface area contributed by atoms with Crippen LogP contribution in [0.5, 0.6) is 0 Å². The lowest BCUT2D eigenvalue weighted by atomic mass is 10.1. The summed E-state index contributed by atoms with van der Waals surface area (Å²) in [6.45, 7) is 2.18. The summed E-state index contributed by atoms with van der Waals surface area (Å²) in [7, 11) is 0. The summed E-state index contributed by atoms with van der Waals surface area (Å²) < 4.78 is 1.47. The molecule has 0 atom stereocenters. The summed E-state index contributed by atoms with van der Waals surface area (Å²) >= 11 is 0. The molecular formula is C21H18N4O2. The lowest BCUT2D eigenvalue weighted by Crippen LogP contribution is -2.24. The predicted octanol–water partition coefficient (Wildman–Crippen LogP) is 3.28. The Balaban J connectivity index is 1.48. The number of amides is 1. The molecule has 27 heavy (non-hydrogen) atoms. The van der Waals surface area contributed by atoms with E-state index in [0.29, 0.717) is 16.7 Å². The Bertz CT molecular complexity index is 1210. The zero-order valence-electron chi connectivity index (χ0n) is 14.8. The molecule has 4 aromatic rings. The summed E-state index contributed by atoms with van der Waals surface area (Å²) in [5, 5.41) is 4.36. The summed E-state index contributed by atoms with van der Waals surface area (Å²) in [5.41, 5.74) is 2.33. The van der Waals surface area contributed by atoms with Gasteiger partial charge in [0.1, 0.15) is 5.82 Å². The molecule has 0 bridgehead atoms. The number of carbonyl (C=O) groups excluding carboxylic acids is 1. The van der Waals surface area contributed by atoms with Crippen LogP contribution in [0.15, 0.2) is 65.7 Å². The molecule has 2 aromatic heterocycles. The number of nitrogens with zero attached hydrogens (tertiary/aromatic N) is 3. The number of hydrogen-bond donors (Lipinski definition) is 1. The zero-order chi connectivity index (χ0) is 18.8. The number of pyridine rings is 1. The molecule has 0 saturated carbocycles. The SMILES string of the molecule is Cc1cccc2c(=O)n(CCC(=O)Nc3ccc4ccccc4n3)cnc12. The highest BCUT2D eigenvalue weighted by Gasteiger charge is 2.09. The van der Waals surface area contributed by atoms with Gasteiger partial charge in [-0.25, -0.2) is 9.97 Å². The fraction of sp³-hybridized carbons (Fsp3) is 0.143. The minimum atomic E-state index is -0.200. The fourth-order valence-electron chi connectivity index (χ4n) is 3.06. The Morgan fingerprint density at radius 2 is 1.93 bits per heavy atom. The Morgan fingerprint density at radius 3 is 2.81 bits per heavy atom. The van der Waals surface area contributed by atoms with Crippen molar-refractivity contribution in [1.82, 2.24) is 14.5 Å². The van der Waals surface area contributed by atoms with E-state index in [4.69, 9.17) is 0 Å². The fourth-order valence-corrected chi connectivity index (χ4v) is 3.06. The topological polar surface area (TPSA) is 76.9 Å². The Morgan fingerprint density at radius 1 is 1.07 bits per heavy atom. The second-order valence-electron chi connectivity index (χ2n) is 6.40. The van der Waals surface area contributed by atoms with Crippen molar-refractivity contribution in [3.8, 4) is 0 Å². The first kappa shape index (κ1) is 16.9. The largest absolute Gasteiger partial charge is 0.311 e. The molecule has 2 aromatic carbocycles. The lowest BCUT2D eigenvalue weighted by molar-refractivity contribution is -0.116. The number of nitrogens with one attached hydrogen (secondary N) is 1. The monoisotopic (exact) mass is 358 g/mol. The van der Waals surface area contributed by atoms with Crippen molar-refractivity contribution in [3.63, 3.8) is 0 Å². The number of rotatable bonds is 4. The van der Waals surface area contributed by atoms with E-state index >= 15 is 0 Å². The predicted molar refractivity (Wildman–Crippen MR) is 106 cm³/mol. The molecule has 0 spiro atoms. The second kappa shape index (κ2) is 6.99. The highest BCUT2D eigenvalue weighted by molar-refractivity contribution is 5.91. The standard InChI is InChI=1S/C21H18N4O2/c1-14-5-4-7-16-20(14)22-13-25(21(16)27)12-11-19(26)24-18-10-9-15-6-2-3-8-17(15)23-18/h2-10,13H,11-12H2,1H3,(H,23,24,26).